The highest BCUT2D eigenvalue weighted by Gasteiger charge is 1.90. The summed E-state index contributed by atoms with van der Waals surface area (Å²) in [7, 11) is 1.31. The van der Waals surface area contributed by atoms with E-state index in [9.17, 15) is 4.79 Å². The minimum absolute atomic E-state index is 0.418. The summed E-state index contributed by atoms with van der Waals surface area (Å²) < 4.78 is 4.32. The fourth-order valence-corrected chi connectivity index (χ4v) is 0.355. The Morgan fingerprint density at radius 3 is 2.60 bits per heavy atom. The van der Waals surface area contributed by atoms with Gasteiger partial charge in [-0.1, -0.05) is 6.92 Å². The Kier molecular flexibility index (Phi) is 4.20. The van der Waals surface area contributed by atoms with Crippen molar-refractivity contribution in [1.82, 2.24) is 0 Å². The second-order valence-electron chi connectivity index (χ2n) is 1.74. The molecule has 0 atom stereocenters. The number of carbonyl (C=O) groups excluding carboxylic acids is 1. The molecule has 0 bridgehead atoms. The molecule has 0 radical (unpaired) electrons. The molecule has 0 heterocycles. The van der Waals surface area contributed by atoms with Crippen LogP contribution in [0.1, 0.15) is 13.3 Å². The van der Waals surface area contributed by atoms with Crippen molar-refractivity contribution in [2.75, 3.05) is 7.11 Å². The van der Waals surface area contributed by atoms with Crippen molar-refractivity contribution >= 4 is 11.7 Å². The first-order valence-corrected chi connectivity index (χ1v) is 3.04. The highest BCUT2D eigenvalue weighted by atomic mass is 16.5. The Hall–Kier alpha value is -1.12. The summed E-state index contributed by atoms with van der Waals surface area (Å²) in [5, 5.41) is 7.11. The zero-order valence-electron chi connectivity index (χ0n) is 6.18. The Labute approximate surface area is 60.2 Å². The first-order chi connectivity index (χ1) is 4.70. The lowest BCUT2D eigenvalue weighted by Gasteiger charge is -1.89. The maximum absolute atomic E-state index is 10.4. The number of methoxy groups -OCH3 is 1. The Bertz CT molecular complexity index is 143. The SMILES string of the molecule is CCC(=N)C=CC(=O)OC. The number of esters is 1. The van der Waals surface area contributed by atoms with Crippen LogP contribution in [-0.4, -0.2) is 18.8 Å². The van der Waals surface area contributed by atoms with Crippen molar-refractivity contribution < 1.29 is 9.53 Å². The van der Waals surface area contributed by atoms with E-state index in [1.165, 1.54) is 19.3 Å². The zero-order chi connectivity index (χ0) is 7.98. The average molecular weight is 141 g/mol. The molecule has 0 aliphatic rings. The van der Waals surface area contributed by atoms with Gasteiger partial charge in [-0.05, 0) is 12.5 Å². The number of nitrogens with one attached hydrogen (secondary N) is 1. The topological polar surface area (TPSA) is 50.2 Å². The molecule has 0 rings (SSSR count). The number of hydrogen-bond donors (Lipinski definition) is 1. The molecule has 0 saturated heterocycles. The predicted molar refractivity (Wildman–Crippen MR) is 39.2 cm³/mol. The molecule has 0 aromatic heterocycles. The summed E-state index contributed by atoms with van der Waals surface area (Å²) in [6, 6.07) is 0. The van der Waals surface area contributed by atoms with Gasteiger partial charge in [-0.25, -0.2) is 4.79 Å². The van der Waals surface area contributed by atoms with E-state index in [0.29, 0.717) is 12.1 Å². The summed E-state index contributed by atoms with van der Waals surface area (Å²) in [6.45, 7) is 1.85. The van der Waals surface area contributed by atoms with Crippen LogP contribution in [0.25, 0.3) is 0 Å². The van der Waals surface area contributed by atoms with E-state index < -0.39 is 5.97 Å². The summed E-state index contributed by atoms with van der Waals surface area (Å²) in [4.78, 5) is 10.4. The van der Waals surface area contributed by atoms with E-state index >= 15 is 0 Å². The number of ether oxygens (including phenoxy) is 1. The molecule has 1 N–H and O–H groups in total. The summed E-state index contributed by atoms with van der Waals surface area (Å²) in [5.74, 6) is -0.418. The van der Waals surface area contributed by atoms with Gasteiger partial charge >= 0.3 is 5.97 Å². The van der Waals surface area contributed by atoms with Gasteiger partial charge in [0, 0.05) is 11.8 Å². The maximum Gasteiger partial charge on any atom is 0.330 e. The first kappa shape index (κ1) is 8.88. The van der Waals surface area contributed by atoms with Crippen LogP contribution in [0, 0.1) is 5.41 Å². The third kappa shape index (κ3) is 3.83. The van der Waals surface area contributed by atoms with Gasteiger partial charge in [0.2, 0.25) is 0 Å². The van der Waals surface area contributed by atoms with E-state index in [1.54, 1.807) is 0 Å². The van der Waals surface area contributed by atoms with Crippen LogP contribution in [0.3, 0.4) is 0 Å². The Balaban J connectivity index is 3.75. The van der Waals surface area contributed by atoms with Gasteiger partial charge in [0.25, 0.3) is 0 Å². The fourth-order valence-electron chi connectivity index (χ4n) is 0.355. The van der Waals surface area contributed by atoms with Crippen LogP contribution in [0.15, 0.2) is 12.2 Å². The van der Waals surface area contributed by atoms with E-state index in [-0.39, 0.29) is 0 Å². The van der Waals surface area contributed by atoms with Gasteiger partial charge in [-0.2, -0.15) is 0 Å². The third-order valence-electron chi connectivity index (χ3n) is 1.00. The molecule has 0 aliphatic heterocycles. The fraction of sp³-hybridized carbons (Fsp3) is 0.429. The number of hydrogen-bond acceptors (Lipinski definition) is 3. The van der Waals surface area contributed by atoms with E-state index in [1.807, 2.05) is 6.92 Å². The minimum atomic E-state index is -0.418. The Morgan fingerprint density at radius 2 is 2.20 bits per heavy atom. The summed E-state index contributed by atoms with van der Waals surface area (Å²) >= 11 is 0. The third-order valence-corrected chi connectivity index (χ3v) is 1.00. The molecular formula is C7H11NO2. The molecule has 0 fully saturated rings. The van der Waals surface area contributed by atoms with Crippen LogP contribution in [0.5, 0.6) is 0 Å². The lowest BCUT2D eigenvalue weighted by molar-refractivity contribution is -0.134. The lowest BCUT2D eigenvalue weighted by Crippen LogP contribution is -1.96. The Morgan fingerprint density at radius 1 is 1.60 bits per heavy atom. The van der Waals surface area contributed by atoms with Crippen LogP contribution in [0.4, 0.5) is 0 Å². The predicted octanol–water partition coefficient (Wildman–Crippen LogP) is 1.15. The number of carbonyl (C=O) groups is 1. The molecule has 0 spiro atoms. The van der Waals surface area contributed by atoms with Crippen LogP contribution in [-0.2, 0) is 9.53 Å². The molecule has 0 aliphatic carbocycles. The maximum atomic E-state index is 10.4. The second-order valence-corrected chi connectivity index (χ2v) is 1.74. The van der Waals surface area contributed by atoms with Crippen LogP contribution < -0.4 is 0 Å². The van der Waals surface area contributed by atoms with E-state index in [0.717, 1.165) is 0 Å². The average Bonchev–Trinajstić information content (AvgIpc) is 1.99. The standard InChI is InChI=1S/C7H11NO2/c1-3-6(8)4-5-7(9)10-2/h4-5,8H,3H2,1-2H3. The zero-order valence-corrected chi connectivity index (χ0v) is 6.18. The highest BCUT2D eigenvalue weighted by Crippen LogP contribution is 1.84. The summed E-state index contributed by atoms with van der Waals surface area (Å²) in [6.07, 6.45) is 3.31. The highest BCUT2D eigenvalue weighted by molar-refractivity contribution is 5.97. The van der Waals surface area contributed by atoms with Crippen LogP contribution in [0.2, 0.25) is 0 Å². The van der Waals surface area contributed by atoms with Crippen LogP contribution >= 0.6 is 0 Å². The van der Waals surface area contributed by atoms with Crippen molar-refractivity contribution in [3.05, 3.63) is 12.2 Å². The molecule has 0 saturated carbocycles. The van der Waals surface area contributed by atoms with Crippen molar-refractivity contribution in [1.29, 1.82) is 5.41 Å². The van der Waals surface area contributed by atoms with Crippen molar-refractivity contribution in [3.8, 4) is 0 Å². The molecular weight excluding hydrogens is 130 g/mol. The molecule has 3 heteroatoms. The lowest BCUT2D eigenvalue weighted by atomic mass is 10.3. The molecule has 0 unspecified atom stereocenters. The number of rotatable bonds is 3. The van der Waals surface area contributed by atoms with Crippen molar-refractivity contribution in [2.24, 2.45) is 0 Å². The van der Waals surface area contributed by atoms with Gasteiger partial charge in [-0.3, -0.25) is 0 Å². The van der Waals surface area contributed by atoms with Gasteiger partial charge in [0.1, 0.15) is 0 Å². The first-order valence-electron chi connectivity index (χ1n) is 3.04. The van der Waals surface area contributed by atoms with Crippen molar-refractivity contribution in [3.63, 3.8) is 0 Å². The monoisotopic (exact) mass is 141 g/mol. The summed E-state index contributed by atoms with van der Waals surface area (Å²) in [5.41, 5.74) is 0.422. The molecule has 0 aromatic carbocycles. The molecule has 10 heavy (non-hydrogen) atoms. The molecule has 0 amide bonds. The van der Waals surface area contributed by atoms with E-state index in [2.05, 4.69) is 4.74 Å². The molecule has 3 nitrogen and oxygen atoms in total. The quantitative estimate of drug-likeness (QED) is 0.364. The smallest absolute Gasteiger partial charge is 0.330 e. The number of allylic oxidation sites excluding steroid dienone is 1. The largest absolute Gasteiger partial charge is 0.466 e. The normalized spacial score (nSPS) is 9.80. The van der Waals surface area contributed by atoms with Crippen molar-refractivity contribution in [2.45, 2.75) is 13.3 Å². The van der Waals surface area contributed by atoms with Gasteiger partial charge in [0.15, 0.2) is 0 Å². The van der Waals surface area contributed by atoms with Gasteiger partial charge in [0.05, 0.1) is 7.11 Å². The minimum Gasteiger partial charge on any atom is -0.466 e. The van der Waals surface area contributed by atoms with Gasteiger partial charge < -0.3 is 10.1 Å². The molecule has 0 aromatic rings. The molecule has 56 valence electrons. The van der Waals surface area contributed by atoms with Gasteiger partial charge in [-0.15, -0.1) is 0 Å². The second kappa shape index (κ2) is 4.73. The van der Waals surface area contributed by atoms with E-state index in [4.69, 9.17) is 5.41 Å².